The fourth-order valence-corrected chi connectivity index (χ4v) is 2.85. The predicted octanol–water partition coefficient (Wildman–Crippen LogP) is 4.96. The van der Waals surface area contributed by atoms with Crippen LogP contribution < -0.4 is 4.74 Å². The van der Waals surface area contributed by atoms with Crippen molar-refractivity contribution in [3.05, 3.63) is 89.2 Å². The molecule has 0 spiro atoms. The topological polar surface area (TPSA) is 70.3 Å². The van der Waals surface area contributed by atoms with Crippen LogP contribution in [-0.2, 0) is 17.8 Å². The third-order valence-corrected chi connectivity index (χ3v) is 4.34. The standard InChI is InChI=1S/C23H18FNO3/c24-20-8-11-22(18-6-1-17(14-25)2-7-18)19(13-20)15-28-21-9-3-16(4-10-21)5-12-23(26)27/h1-4,6-11,13H,5,12,15H2,(H,26,27). The van der Waals surface area contributed by atoms with Gasteiger partial charge < -0.3 is 9.84 Å². The Balaban J connectivity index is 1.74. The molecule has 0 aliphatic heterocycles. The van der Waals surface area contributed by atoms with Gasteiger partial charge in [-0.2, -0.15) is 5.26 Å². The highest BCUT2D eigenvalue weighted by Gasteiger charge is 2.08. The Morgan fingerprint density at radius 2 is 1.75 bits per heavy atom. The molecule has 28 heavy (non-hydrogen) atoms. The maximum Gasteiger partial charge on any atom is 0.303 e. The van der Waals surface area contributed by atoms with E-state index in [1.165, 1.54) is 12.1 Å². The summed E-state index contributed by atoms with van der Waals surface area (Å²) in [6.07, 6.45) is 0.541. The molecule has 0 bridgehead atoms. The number of aryl methyl sites for hydroxylation is 1. The third-order valence-electron chi connectivity index (χ3n) is 4.34. The van der Waals surface area contributed by atoms with Crippen LogP contribution >= 0.6 is 0 Å². The predicted molar refractivity (Wildman–Crippen MR) is 103 cm³/mol. The van der Waals surface area contributed by atoms with Gasteiger partial charge in [0.2, 0.25) is 0 Å². The fraction of sp³-hybridized carbons (Fsp3) is 0.130. The zero-order chi connectivity index (χ0) is 19.9. The van der Waals surface area contributed by atoms with E-state index in [1.54, 1.807) is 30.3 Å². The quantitative estimate of drug-likeness (QED) is 0.634. The molecule has 0 amide bonds. The lowest BCUT2D eigenvalue weighted by molar-refractivity contribution is -0.136. The zero-order valence-electron chi connectivity index (χ0n) is 15.1. The summed E-state index contributed by atoms with van der Waals surface area (Å²) in [4.78, 5) is 10.6. The van der Waals surface area contributed by atoms with Crippen LogP contribution in [-0.4, -0.2) is 11.1 Å². The highest BCUT2D eigenvalue weighted by atomic mass is 19.1. The van der Waals surface area contributed by atoms with Crippen molar-refractivity contribution in [2.24, 2.45) is 0 Å². The lowest BCUT2D eigenvalue weighted by Crippen LogP contribution is -2.00. The fourth-order valence-electron chi connectivity index (χ4n) is 2.85. The smallest absolute Gasteiger partial charge is 0.303 e. The monoisotopic (exact) mass is 375 g/mol. The minimum absolute atomic E-state index is 0.0808. The number of halogens is 1. The molecule has 0 radical (unpaired) electrons. The molecular weight excluding hydrogens is 357 g/mol. The summed E-state index contributed by atoms with van der Waals surface area (Å²) in [5.74, 6) is -0.559. The van der Waals surface area contributed by atoms with Crippen molar-refractivity contribution < 1.29 is 19.0 Å². The second-order valence-corrected chi connectivity index (χ2v) is 6.32. The van der Waals surface area contributed by atoms with Crippen LogP contribution in [0.2, 0.25) is 0 Å². The van der Waals surface area contributed by atoms with Gasteiger partial charge in [0.05, 0.1) is 11.6 Å². The van der Waals surface area contributed by atoms with Crippen molar-refractivity contribution >= 4 is 5.97 Å². The first-order valence-electron chi connectivity index (χ1n) is 8.77. The number of nitrogens with zero attached hydrogens (tertiary/aromatic N) is 1. The lowest BCUT2D eigenvalue weighted by atomic mass is 9.99. The number of carboxylic acids is 1. The van der Waals surface area contributed by atoms with Crippen LogP contribution in [0, 0.1) is 17.1 Å². The largest absolute Gasteiger partial charge is 0.489 e. The molecule has 4 nitrogen and oxygen atoms in total. The summed E-state index contributed by atoms with van der Waals surface area (Å²) in [7, 11) is 0. The van der Waals surface area contributed by atoms with Crippen LogP contribution in [0.15, 0.2) is 66.7 Å². The first kappa shape index (κ1) is 19.1. The molecule has 5 heteroatoms. The summed E-state index contributed by atoms with van der Waals surface area (Å²) in [5, 5.41) is 17.7. The molecule has 0 atom stereocenters. The Kier molecular flexibility index (Phi) is 6.03. The minimum atomic E-state index is -0.832. The van der Waals surface area contributed by atoms with Crippen molar-refractivity contribution in [3.8, 4) is 22.9 Å². The molecule has 0 aromatic heterocycles. The van der Waals surface area contributed by atoms with E-state index in [1.807, 2.05) is 24.3 Å². The summed E-state index contributed by atoms with van der Waals surface area (Å²) < 4.78 is 19.6. The number of benzene rings is 3. The molecule has 3 aromatic rings. The molecule has 0 saturated carbocycles. The molecule has 140 valence electrons. The van der Waals surface area contributed by atoms with Crippen molar-refractivity contribution in [2.45, 2.75) is 19.4 Å². The molecular formula is C23H18FNO3. The second-order valence-electron chi connectivity index (χ2n) is 6.32. The Bertz CT molecular complexity index is 1010. The van der Waals surface area contributed by atoms with Crippen LogP contribution in [0.1, 0.15) is 23.1 Å². The zero-order valence-corrected chi connectivity index (χ0v) is 15.1. The van der Waals surface area contributed by atoms with E-state index in [0.29, 0.717) is 23.3 Å². The van der Waals surface area contributed by atoms with E-state index in [-0.39, 0.29) is 18.8 Å². The summed E-state index contributed by atoms with van der Waals surface area (Å²) in [6, 6.07) is 20.9. The van der Waals surface area contributed by atoms with Gasteiger partial charge in [-0.3, -0.25) is 4.79 Å². The molecule has 3 rings (SSSR count). The second kappa shape index (κ2) is 8.83. The number of hydrogen-bond donors (Lipinski definition) is 1. The SMILES string of the molecule is N#Cc1ccc(-c2ccc(F)cc2COc2ccc(CCC(=O)O)cc2)cc1. The first-order chi connectivity index (χ1) is 13.5. The minimum Gasteiger partial charge on any atom is -0.489 e. The average molecular weight is 375 g/mol. The number of carboxylic acid groups (broad SMARTS) is 1. The van der Waals surface area contributed by atoms with E-state index in [0.717, 1.165) is 16.7 Å². The lowest BCUT2D eigenvalue weighted by Gasteiger charge is -2.12. The van der Waals surface area contributed by atoms with E-state index in [4.69, 9.17) is 15.1 Å². The highest BCUT2D eigenvalue weighted by molar-refractivity contribution is 5.68. The summed E-state index contributed by atoms with van der Waals surface area (Å²) >= 11 is 0. The maximum atomic E-state index is 13.8. The van der Waals surface area contributed by atoms with Gasteiger partial charge in [-0.1, -0.05) is 30.3 Å². The van der Waals surface area contributed by atoms with Gasteiger partial charge >= 0.3 is 5.97 Å². The van der Waals surface area contributed by atoms with Crippen LogP contribution in [0.25, 0.3) is 11.1 Å². The Hall–Kier alpha value is -3.65. The van der Waals surface area contributed by atoms with E-state index in [9.17, 15) is 9.18 Å². The number of rotatable bonds is 7. The highest BCUT2D eigenvalue weighted by Crippen LogP contribution is 2.26. The molecule has 0 aliphatic carbocycles. The van der Waals surface area contributed by atoms with Crippen molar-refractivity contribution in [1.29, 1.82) is 5.26 Å². The van der Waals surface area contributed by atoms with E-state index in [2.05, 4.69) is 6.07 Å². The van der Waals surface area contributed by atoms with Crippen LogP contribution in [0.3, 0.4) is 0 Å². The Morgan fingerprint density at radius 1 is 1.04 bits per heavy atom. The molecule has 0 aliphatic rings. The number of nitriles is 1. The average Bonchev–Trinajstić information content (AvgIpc) is 2.71. The third kappa shape index (κ3) is 4.95. The Morgan fingerprint density at radius 3 is 2.39 bits per heavy atom. The van der Waals surface area contributed by atoms with Gasteiger partial charge in [0.15, 0.2) is 0 Å². The molecule has 3 aromatic carbocycles. The van der Waals surface area contributed by atoms with Crippen molar-refractivity contribution in [1.82, 2.24) is 0 Å². The number of carbonyl (C=O) groups is 1. The number of ether oxygens (including phenoxy) is 1. The van der Waals surface area contributed by atoms with Gasteiger partial charge in [0, 0.05) is 6.42 Å². The normalized spacial score (nSPS) is 10.3. The number of aliphatic carboxylic acids is 1. The molecule has 0 unspecified atom stereocenters. The first-order valence-corrected chi connectivity index (χ1v) is 8.77. The van der Waals surface area contributed by atoms with E-state index >= 15 is 0 Å². The van der Waals surface area contributed by atoms with Crippen molar-refractivity contribution in [3.63, 3.8) is 0 Å². The maximum absolute atomic E-state index is 13.8. The summed E-state index contributed by atoms with van der Waals surface area (Å²) in [6.45, 7) is 0.182. The Labute approximate surface area is 162 Å². The van der Waals surface area contributed by atoms with Gasteiger partial charge in [-0.25, -0.2) is 4.39 Å². The number of hydrogen-bond acceptors (Lipinski definition) is 3. The summed E-state index contributed by atoms with van der Waals surface area (Å²) in [5.41, 5.74) is 3.88. The molecule has 0 fully saturated rings. The molecule has 0 saturated heterocycles. The van der Waals surface area contributed by atoms with Gasteiger partial charge in [0.25, 0.3) is 0 Å². The van der Waals surface area contributed by atoms with Crippen molar-refractivity contribution in [2.75, 3.05) is 0 Å². The van der Waals surface area contributed by atoms with Gasteiger partial charge in [0.1, 0.15) is 18.2 Å². The van der Waals surface area contributed by atoms with Gasteiger partial charge in [-0.15, -0.1) is 0 Å². The molecule has 1 N–H and O–H groups in total. The van der Waals surface area contributed by atoms with Gasteiger partial charge in [-0.05, 0) is 65.1 Å². The van der Waals surface area contributed by atoms with Crippen LogP contribution in [0.5, 0.6) is 5.75 Å². The molecule has 0 heterocycles. The van der Waals surface area contributed by atoms with Crippen LogP contribution in [0.4, 0.5) is 4.39 Å². The van der Waals surface area contributed by atoms with E-state index < -0.39 is 5.97 Å².